The Hall–Kier alpha value is -1.60. The smallest absolute Gasteiger partial charge is 0.264 e. The van der Waals surface area contributed by atoms with E-state index in [2.05, 4.69) is 0 Å². The maximum atomic E-state index is 12.2. The number of hydrogen-bond donors (Lipinski definition) is 2. The highest BCUT2D eigenvalue weighted by Crippen LogP contribution is 2.26. The van der Waals surface area contributed by atoms with Crippen molar-refractivity contribution in [3.05, 3.63) is 24.3 Å². The molecule has 0 fully saturated rings. The standard InChI is InChI=1S/C11H15NO5S/c1-11(2,10(13)12-14)18(15,16)9-6-4-8(17-3)5-7-9/h4-7,14H,1-3H3,(H,12,13). The lowest BCUT2D eigenvalue weighted by Gasteiger charge is -2.22. The highest BCUT2D eigenvalue weighted by molar-refractivity contribution is 7.93. The second-order valence-corrected chi connectivity index (χ2v) is 6.63. The molecule has 0 spiro atoms. The van der Waals surface area contributed by atoms with Gasteiger partial charge in [0.05, 0.1) is 12.0 Å². The number of carbonyl (C=O) groups is 1. The van der Waals surface area contributed by atoms with Crippen molar-refractivity contribution in [2.45, 2.75) is 23.5 Å². The van der Waals surface area contributed by atoms with Crippen molar-refractivity contribution in [3.63, 3.8) is 0 Å². The molecule has 1 amide bonds. The molecule has 0 aliphatic carbocycles. The van der Waals surface area contributed by atoms with E-state index in [4.69, 9.17) is 9.94 Å². The number of hydroxylamine groups is 1. The summed E-state index contributed by atoms with van der Waals surface area (Å²) < 4.78 is 27.6. The number of benzene rings is 1. The predicted molar refractivity (Wildman–Crippen MR) is 64.2 cm³/mol. The number of rotatable bonds is 4. The predicted octanol–water partition coefficient (Wildman–Crippen LogP) is 0.753. The van der Waals surface area contributed by atoms with Gasteiger partial charge in [-0.25, -0.2) is 13.9 Å². The molecule has 0 saturated carbocycles. The second kappa shape index (κ2) is 4.95. The molecule has 0 radical (unpaired) electrons. The van der Waals surface area contributed by atoms with E-state index in [1.54, 1.807) is 0 Å². The summed E-state index contributed by atoms with van der Waals surface area (Å²) in [5, 5.41) is 8.58. The SMILES string of the molecule is COc1ccc(S(=O)(=O)C(C)(C)C(=O)NO)cc1. The minimum absolute atomic E-state index is 0.0168. The Labute approximate surface area is 105 Å². The second-order valence-electron chi connectivity index (χ2n) is 4.13. The number of methoxy groups -OCH3 is 1. The third-order valence-electron chi connectivity index (χ3n) is 2.69. The van der Waals surface area contributed by atoms with Gasteiger partial charge in [-0.15, -0.1) is 0 Å². The zero-order valence-electron chi connectivity index (χ0n) is 10.3. The number of carbonyl (C=O) groups excluding carboxylic acids is 1. The van der Waals surface area contributed by atoms with E-state index in [-0.39, 0.29) is 4.90 Å². The molecule has 0 aliphatic rings. The van der Waals surface area contributed by atoms with Crippen LogP contribution in [0.1, 0.15) is 13.8 Å². The first-order chi connectivity index (χ1) is 8.27. The molecule has 0 aliphatic heterocycles. The molecule has 1 rings (SSSR count). The topological polar surface area (TPSA) is 92.7 Å². The van der Waals surface area contributed by atoms with Crippen molar-refractivity contribution in [1.82, 2.24) is 5.48 Å². The Morgan fingerprint density at radius 1 is 1.28 bits per heavy atom. The number of ether oxygens (including phenoxy) is 1. The van der Waals surface area contributed by atoms with Crippen LogP contribution in [0.5, 0.6) is 5.75 Å². The van der Waals surface area contributed by atoms with Gasteiger partial charge in [0.25, 0.3) is 5.91 Å². The molecule has 2 N–H and O–H groups in total. The lowest BCUT2D eigenvalue weighted by Crippen LogP contribution is -2.46. The Balaban J connectivity index is 3.24. The molecule has 0 aromatic heterocycles. The van der Waals surface area contributed by atoms with Crippen LogP contribution in [-0.4, -0.2) is 31.4 Å². The lowest BCUT2D eigenvalue weighted by atomic mass is 10.2. The van der Waals surface area contributed by atoms with Crippen molar-refractivity contribution in [3.8, 4) is 5.75 Å². The van der Waals surface area contributed by atoms with Gasteiger partial charge in [-0.1, -0.05) is 0 Å². The molecule has 0 bridgehead atoms. The third-order valence-corrected chi connectivity index (χ3v) is 5.11. The van der Waals surface area contributed by atoms with Crippen molar-refractivity contribution in [2.24, 2.45) is 0 Å². The summed E-state index contributed by atoms with van der Waals surface area (Å²) in [4.78, 5) is 11.4. The fourth-order valence-corrected chi connectivity index (χ4v) is 2.68. The molecule has 0 atom stereocenters. The Morgan fingerprint density at radius 3 is 2.17 bits per heavy atom. The molecule has 0 heterocycles. The minimum atomic E-state index is -3.90. The number of amides is 1. The fraction of sp³-hybridized carbons (Fsp3) is 0.364. The molecule has 1 aromatic carbocycles. The maximum absolute atomic E-state index is 12.2. The van der Waals surface area contributed by atoms with Crippen LogP contribution in [0.15, 0.2) is 29.2 Å². The highest BCUT2D eigenvalue weighted by Gasteiger charge is 2.42. The first-order valence-electron chi connectivity index (χ1n) is 5.10. The average molecular weight is 273 g/mol. The summed E-state index contributed by atoms with van der Waals surface area (Å²) in [7, 11) is -2.44. The van der Waals surface area contributed by atoms with E-state index < -0.39 is 20.5 Å². The van der Waals surface area contributed by atoms with Gasteiger partial charge in [-0.2, -0.15) is 0 Å². The number of hydrogen-bond acceptors (Lipinski definition) is 5. The summed E-state index contributed by atoms with van der Waals surface area (Å²) in [6.07, 6.45) is 0. The van der Waals surface area contributed by atoms with Crippen LogP contribution in [0.4, 0.5) is 0 Å². The summed E-state index contributed by atoms with van der Waals surface area (Å²) in [5.74, 6) is -0.475. The van der Waals surface area contributed by atoms with E-state index in [9.17, 15) is 13.2 Å². The van der Waals surface area contributed by atoms with Crippen LogP contribution >= 0.6 is 0 Å². The van der Waals surface area contributed by atoms with Crippen molar-refractivity contribution < 1.29 is 23.2 Å². The molecule has 6 nitrogen and oxygen atoms in total. The molecule has 0 saturated heterocycles. The molecule has 1 aromatic rings. The van der Waals surface area contributed by atoms with Gasteiger partial charge in [-0.05, 0) is 38.1 Å². The molecule has 18 heavy (non-hydrogen) atoms. The zero-order chi connectivity index (χ0) is 14.0. The average Bonchev–Trinajstić information content (AvgIpc) is 2.37. The van der Waals surface area contributed by atoms with Crippen LogP contribution in [0.25, 0.3) is 0 Å². The first-order valence-corrected chi connectivity index (χ1v) is 6.59. The third kappa shape index (κ3) is 2.32. The van der Waals surface area contributed by atoms with Crippen LogP contribution in [0, 0.1) is 0 Å². The molecule has 0 unspecified atom stereocenters. The van der Waals surface area contributed by atoms with Crippen molar-refractivity contribution in [2.75, 3.05) is 7.11 Å². The summed E-state index contributed by atoms with van der Waals surface area (Å²) >= 11 is 0. The highest BCUT2D eigenvalue weighted by atomic mass is 32.2. The minimum Gasteiger partial charge on any atom is -0.497 e. The Bertz CT molecular complexity index is 533. The van der Waals surface area contributed by atoms with Gasteiger partial charge in [0.2, 0.25) is 0 Å². The van der Waals surface area contributed by atoms with E-state index >= 15 is 0 Å². The monoisotopic (exact) mass is 273 g/mol. The van der Waals surface area contributed by atoms with Gasteiger partial charge in [0.1, 0.15) is 5.75 Å². The van der Waals surface area contributed by atoms with Crippen LogP contribution in [0.3, 0.4) is 0 Å². The summed E-state index contributed by atoms with van der Waals surface area (Å²) in [6.45, 7) is 2.44. The van der Waals surface area contributed by atoms with E-state index in [1.807, 2.05) is 0 Å². The Kier molecular flexibility index (Phi) is 3.98. The van der Waals surface area contributed by atoms with Crippen molar-refractivity contribution >= 4 is 15.7 Å². The summed E-state index contributed by atoms with van der Waals surface area (Å²) in [5.41, 5.74) is 1.36. The van der Waals surface area contributed by atoms with E-state index in [0.29, 0.717) is 5.75 Å². The number of nitrogens with one attached hydrogen (secondary N) is 1. The van der Waals surface area contributed by atoms with Crippen LogP contribution in [0.2, 0.25) is 0 Å². The van der Waals surface area contributed by atoms with Gasteiger partial charge in [-0.3, -0.25) is 10.0 Å². The fourth-order valence-electron chi connectivity index (χ4n) is 1.31. The molecule has 100 valence electrons. The Morgan fingerprint density at radius 2 is 1.78 bits per heavy atom. The van der Waals surface area contributed by atoms with Gasteiger partial charge >= 0.3 is 0 Å². The molecular formula is C11H15NO5S. The van der Waals surface area contributed by atoms with Gasteiger partial charge in [0.15, 0.2) is 14.6 Å². The van der Waals surface area contributed by atoms with E-state index in [0.717, 1.165) is 0 Å². The maximum Gasteiger partial charge on any atom is 0.264 e. The van der Waals surface area contributed by atoms with Crippen LogP contribution in [-0.2, 0) is 14.6 Å². The normalized spacial score (nSPS) is 12.0. The quantitative estimate of drug-likeness (QED) is 0.624. The molecule has 7 heteroatoms. The number of sulfone groups is 1. The molecular weight excluding hydrogens is 258 g/mol. The van der Waals surface area contributed by atoms with Crippen molar-refractivity contribution in [1.29, 1.82) is 0 Å². The zero-order valence-corrected chi connectivity index (χ0v) is 11.1. The van der Waals surface area contributed by atoms with Gasteiger partial charge in [0, 0.05) is 0 Å². The van der Waals surface area contributed by atoms with E-state index in [1.165, 1.54) is 50.7 Å². The summed E-state index contributed by atoms with van der Waals surface area (Å²) in [6, 6.07) is 5.67. The van der Waals surface area contributed by atoms with Gasteiger partial charge < -0.3 is 4.74 Å². The largest absolute Gasteiger partial charge is 0.497 e. The van der Waals surface area contributed by atoms with Crippen LogP contribution < -0.4 is 10.2 Å². The first kappa shape index (κ1) is 14.5. The lowest BCUT2D eigenvalue weighted by molar-refractivity contribution is -0.131.